The largest absolute Gasteiger partial charge is 0.480 e. The number of carboxylic acids is 1. The van der Waals surface area contributed by atoms with Crippen LogP contribution in [0.1, 0.15) is 38.7 Å². The summed E-state index contributed by atoms with van der Waals surface area (Å²) in [5.41, 5.74) is 1.78. The Hall–Kier alpha value is -2.04. The van der Waals surface area contributed by atoms with Crippen LogP contribution in [-0.4, -0.2) is 23.1 Å². The minimum atomic E-state index is -1.00. The molecule has 3 N–H and O–H groups in total. The lowest BCUT2D eigenvalue weighted by molar-refractivity contribution is -0.139. The number of aryl methyl sites for hydroxylation is 1. The second-order valence-electron chi connectivity index (χ2n) is 4.69. The Morgan fingerprint density at radius 3 is 2.65 bits per heavy atom. The number of rotatable bonds is 7. The zero-order valence-corrected chi connectivity index (χ0v) is 12.0. The van der Waals surface area contributed by atoms with Gasteiger partial charge in [-0.3, -0.25) is 0 Å². The summed E-state index contributed by atoms with van der Waals surface area (Å²) in [7, 11) is 0. The second kappa shape index (κ2) is 8.19. The number of carbonyl (C=O) groups excluding carboxylic acids is 1. The first-order valence-electron chi connectivity index (χ1n) is 6.96. The number of anilines is 1. The summed E-state index contributed by atoms with van der Waals surface area (Å²) in [6.45, 7) is 4.01. The number of unbranched alkanes of at least 4 members (excludes halogenated alkanes) is 1. The number of carboxylic acid groups (broad SMARTS) is 1. The number of nitrogens with one attached hydrogen (secondary N) is 2. The molecule has 0 saturated heterocycles. The molecular formula is C15H22N2O3. The van der Waals surface area contributed by atoms with Crippen molar-refractivity contribution in [2.45, 2.75) is 45.6 Å². The molecule has 2 amide bonds. The number of hydrogen-bond acceptors (Lipinski definition) is 2. The smallest absolute Gasteiger partial charge is 0.326 e. The number of carbonyl (C=O) groups is 2. The average molecular weight is 278 g/mol. The van der Waals surface area contributed by atoms with Crippen LogP contribution in [0.5, 0.6) is 0 Å². The molecule has 0 heterocycles. The number of benzene rings is 1. The normalized spacial score (nSPS) is 11.7. The summed E-state index contributed by atoms with van der Waals surface area (Å²) in [4.78, 5) is 22.9. The summed E-state index contributed by atoms with van der Waals surface area (Å²) >= 11 is 0. The van der Waals surface area contributed by atoms with Gasteiger partial charge in [-0.15, -0.1) is 0 Å². The minimum absolute atomic E-state index is 0.439. The molecule has 0 aromatic heterocycles. The van der Waals surface area contributed by atoms with E-state index in [0.29, 0.717) is 12.1 Å². The van der Waals surface area contributed by atoms with E-state index in [1.54, 1.807) is 6.07 Å². The summed E-state index contributed by atoms with van der Waals surface area (Å²) < 4.78 is 0. The monoisotopic (exact) mass is 278 g/mol. The van der Waals surface area contributed by atoms with Gasteiger partial charge in [0.25, 0.3) is 0 Å². The Balaban J connectivity index is 2.58. The van der Waals surface area contributed by atoms with Crippen molar-refractivity contribution in [3.8, 4) is 0 Å². The zero-order valence-electron chi connectivity index (χ0n) is 12.0. The molecule has 0 aliphatic rings. The molecule has 20 heavy (non-hydrogen) atoms. The lowest BCUT2D eigenvalue weighted by Gasteiger charge is -2.15. The quantitative estimate of drug-likeness (QED) is 0.717. The first-order chi connectivity index (χ1) is 9.56. The van der Waals surface area contributed by atoms with Gasteiger partial charge in [0.2, 0.25) is 0 Å². The van der Waals surface area contributed by atoms with Crippen LogP contribution in [0.2, 0.25) is 0 Å². The van der Waals surface area contributed by atoms with Gasteiger partial charge in [-0.25, -0.2) is 9.59 Å². The Labute approximate surface area is 119 Å². The van der Waals surface area contributed by atoms with Crippen molar-refractivity contribution in [2.75, 3.05) is 5.32 Å². The topological polar surface area (TPSA) is 78.4 Å². The van der Waals surface area contributed by atoms with Crippen LogP contribution in [-0.2, 0) is 11.2 Å². The predicted octanol–water partition coefficient (Wildman–Crippen LogP) is 3.01. The van der Waals surface area contributed by atoms with Crippen LogP contribution in [0, 0.1) is 0 Å². The van der Waals surface area contributed by atoms with E-state index >= 15 is 0 Å². The fourth-order valence-corrected chi connectivity index (χ4v) is 1.86. The Kier molecular flexibility index (Phi) is 6.56. The van der Waals surface area contributed by atoms with Gasteiger partial charge in [-0.1, -0.05) is 38.8 Å². The third-order valence-electron chi connectivity index (χ3n) is 3.04. The molecular weight excluding hydrogens is 256 g/mol. The van der Waals surface area contributed by atoms with Crippen LogP contribution in [0.25, 0.3) is 0 Å². The first kappa shape index (κ1) is 16.0. The van der Waals surface area contributed by atoms with Gasteiger partial charge in [0.15, 0.2) is 0 Å². The van der Waals surface area contributed by atoms with Crippen LogP contribution < -0.4 is 10.6 Å². The summed E-state index contributed by atoms with van der Waals surface area (Å²) in [6.07, 6.45) is 2.98. The minimum Gasteiger partial charge on any atom is -0.480 e. The fraction of sp³-hybridized carbons (Fsp3) is 0.467. The highest BCUT2D eigenvalue weighted by Gasteiger charge is 2.19. The second-order valence-corrected chi connectivity index (χ2v) is 4.69. The number of urea groups is 1. The van der Waals surface area contributed by atoms with Crippen molar-refractivity contribution in [3.05, 3.63) is 29.8 Å². The van der Waals surface area contributed by atoms with E-state index in [-0.39, 0.29) is 0 Å². The molecule has 0 spiro atoms. The Bertz CT molecular complexity index is 460. The maximum absolute atomic E-state index is 11.8. The highest BCUT2D eigenvalue weighted by molar-refractivity contribution is 5.92. The van der Waals surface area contributed by atoms with E-state index in [9.17, 15) is 9.59 Å². The van der Waals surface area contributed by atoms with Gasteiger partial charge in [-0.2, -0.15) is 0 Å². The van der Waals surface area contributed by atoms with Gasteiger partial charge < -0.3 is 15.7 Å². The highest BCUT2D eigenvalue weighted by Crippen LogP contribution is 2.11. The van der Waals surface area contributed by atoms with Gasteiger partial charge in [0.05, 0.1) is 0 Å². The molecule has 0 aliphatic heterocycles. The summed E-state index contributed by atoms with van der Waals surface area (Å²) in [5, 5.41) is 14.2. The number of hydrogen-bond donors (Lipinski definition) is 3. The van der Waals surface area contributed by atoms with Gasteiger partial charge >= 0.3 is 12.0 Å². The van der Waals surface area contributed by atoms with Crippen molar-refractivity contribution in [1.82, 2.24) is 5.32 Å². The van der Waals surface area contributed by atoms with E-state index in [1.807, 2.05) is 32.0 Å². The van der Waals surface area contributed by atoms with E-state index in [4.69, 9.17) is 5.11 Å². The molecule has 1 aromatic carbocycles. The third kappa shape index (κ3) is 5.30. The summed E-state index contributed by atoms with van der Waals surface area (Å²) in [5.74, 6) is -1.00. The molecule has 0 bridgehead atoms. The van der Waals surface area contributed by atoms with E-state index < -0.39 is 18.0 Å². The van der Waals surface area contributed by atoms with E-state index in [1.165, 1.54) is 0 Å². The molecule has 5 nitrogen and oxygen atoms in total. The highest BCUT2D eigenvalue weighted by atomic mass is 16.4. The van der Waals surface area contributed by atoms with E-state index in [2.05, 4.69) is 10.6 Å². The van der Waals surface area contributed by atoms with E-state index in [0.717, 1.165) is 24.8 Å². The van der Waals surface area contributed by atoms with Crippen LogP contribution >= 0.6 is 0 Å². The number of amides is 2. The maximum Gasteiger partial charge on any atom is 0.326 e. The molecule has 0 fully saturated rings. The maximum atomic E-state index is 11.8. The number of aliphatic carboxylic acids is 1. The van der Waals surface area contributed by atoms with Crippen molar-refractivity contribution in [3.63, 3.8) is 0 Å². The molecule has 1 unspecified atom stereocenters. The van der Waals surface area contributed by atoms with Crippen LogP contribution in [0.4, 0.5) is 10.5 Å². The van der Waals surface area contributed by atoms with Gasteiger partial charge in [0.1, 0.15) is 6.04 Å². The van der Waals surface area contributed by atoms with Crippen LogP contribution in [0.15, 0.2) is 24.3 Å². The fourth-order valence-electron chi connectivity index (χ4n) is 1.86. The molecule has 0 aliphatic carbocycles. The lowest BCUT2D eigenvalue weighted by atomic mass is 10.1. The average Bonchev–Trinajstić information content (AvgIpc) is 2.43. The molecule has 110 valence electrons. The summed E-state index contributed by atoms with van der Waals surface area (Å²) in [6, 6.07) is 6.16. The SMILES string of the molecule is CCCCC(NC(=O)Nc1cccc(CC)c1)C(=O)O. The van der Waals surface area contributed by atoms with Crippen molar-refractivity contribution >= 4 is 17.7 Å². The zero-order chi connectivity index (χ0) is 15.0. The van der Waals surface area contributed by atoms with Gasteiger partial charge in [-0.05, 0) is 30.5 Å². The van der Waals surface area contributed by atoms with Crippen molar-refractivity contribution in [1.29, 1.82) is 0 Å². The molecule has 1 aromatic rings. The Morgan fingerprint density at radius 2 is 2.05 bits per heavy atom. The predicted molar refractivity (Wildman–Crippen MR) is 78.9 cm³/mol. The Morgan fingerprint density at radius 1 is 1.30 bits per heavy atom. The third-order valence-corrected chi connectivity index (χ3v) is 3.04. The van der Waals surface area contributed by atoms with Gasteiger partial charge in [0, 0.05) is 5.69 Å². The molecule has 1 rings (SSSR count). The standard InChI is InChI=1S/C15H22N2O3/c1-3-5-9-13(14(18)19)17-15(20)16-12-8-6-7-11(4-2)10-12/h6-8,10,13H,3-5,9H2,1-2H3,(H,18,19)(H2,16,17,20). The molecule has 5 heteroatoms. The molecule has 1 atom stereocenters. The lowest BCUT2D eigenvalue weighted by Crippen LogP contribution is -2.42. The molecule has 0 saturated carbocycles. The van der Waals surface area contributed by atoms with Crippen molar-refractivity contribution in [2.24, 2.45) is 0 Å². The van der Waals surface area contributed by atoms with Crippen LogP contribution in [0.3, 0.4) is 0 Å². The van der Waals surface area contributed by atoms with Crippen molar-refractivity contribution < 1.29 is 14.7 Å². The molecule has 0 radical (unpaired) electrons. The first-order valence-corrected chi connectivity index (χ1v) is 6.96.